The second-order valence-corrected chi connectivity index (χ2v) is 3.96. The first-order valence-electron chi connectivity index (χ1n) is 6.01. The molecule has 0 aliphatic carbocycles. The van der Waals surface area contributed by atoms with Crippen molar-refractivity contribution in [2.75, 3.05) is 0 Å². The van der Waals surface area contributed by atoms with Crippen molar-refractivity contribution < 1.29 is 17.1 Å². The van der Waals surface area contributed by atoms with E-state index in [-0.39, 0.29) is 17.1 Å². The summed E-state index contributed by atoms with van der Waals surface area (Å²) in [5, 5.41) is 0. The molecule has 0 unspecified atom stereocenters. The molecule has 0 saturated carbocycles. The molecule has 0 N–H and O–H groups in total. The van der Waals surface area contributed by atoms with E-state index < -0.39 is 0 Å². The van der Waals surface area contributed by atoms with Crippen LogP contribution in [-0.4, -0.2) is 0 Å². The Morgan fingerprint density at radius 1 is 0.842 bits per heavy atom. The van der Waals surface area contributed by atoms with Crippen LogP contribution < -0.4 is 0 Å². The van der Waals surface area contributed by atoms with Crippen LogP contribution in [0.4, 0.5) is 0 Å². The molecule has 0 nitrogen and oxygen atoms in total. The zero-order valence-corrected chi connectivity index (χ0v) is 11.7. The van der Waals surface area contributed by atoms with Crippen molar-refractivity contribution >= 4 is 6.08 Å². The molecule has 19 heavy (non-hydrogen) atoms. The molecule has 1 heteroatoms. The molecule has 0 saturated heterocycles. The topological polar surface area (TPSA) is 0 Å². The molecular weight excluding hydrogens is 272 g/mol. The second-order valence-electron chi connectivity index (χ2n) is 3.96. The molecule has 0 aromatic heterocycles. The van der Waals surface area contributed by atoms with E-state index in [1.165, 1.54) is 11.1 Å². The van der Waals surface area contributed by atoms with Crippen molar-refractivity contribution in [1.82, 2.24) is 0 Å². The van der Waals surface area contributed by atoms with Gasteiger partial charge in [0.1, 0.15) is 0 Å². The second kappa shape index (κ2) is 8.31. The molecule has 96 valence electrons. The van der Waals surface area contributed by atoms with Gasteiger partial charge in [-0.1, -0.05) is 36.9 Å². The summed E-state index contributed by atoms with van der Waals surface area (Å²) in [4.78, 5) is 0. The molecule has 0 fully saturated rings. The van der Waals surface area contributed by atoms with Crippen LogP contribution >= 0.6 is 0 Å². The molecule has 0 heterocycles. The molecular formula is C18H16Fe. The van der Waals surface area contributed by atoms with E-state index in [9.17, 15) is 0 Å². The average molecular weight is 288 g/mol. The number of rotatable bonds is 2. The molecule has 0 spiro atoms. The quantitative estimate of drug-likeness (QED) is 0.453. The third-order valence-corrected chi connectivity index (χ3v) is 2.70. The standard InChI is InChI=1S/C13H11.C5H5.Fe/c1-2-11-7-9-13(10-8-11)12-5-3-4-6-12;1-2-4-5-3-1;/h2-10H,1H2;1-5H;/q2*-1;+2. The predicted octanol–water partition coefficient (Wildman–Crippen LogP) is 5.12. The molecule has 0 aliphatic heterocycles. The van der Waals surface area contributed by atoms with Crippen molar-refractivity contribution in [2.24, 2.45) is 0 Å². The molecule has 0 aliphatic rings. The fraction of sp³-hybridized carbons (Fsp3) is 0. The van der Waals surface area contributed by atoms with Gasteiger partial charge in [-0.25, -0.2) is 12.1 Å². The van der Waals surface area contributed by atoms with Gasteiger partial charge >= 0.3 is 17.1 Å². The fourth-order valence-corrected chi connectivity index (χ4v) is 1.70. The van der Waals surface area contributed by atoms with Crippen molar-refractivity contribution in [2.45, 2.75) is 0 Å². The first kappa shape index (κ1) is 15.2. The Bertz CT molecular complexity index is 525. The Balaban J connectivity index is 0.000000256. The van der Waals surface area contributed by atoms with Gasteiger partial charge in [0.25, 0.3) is 0 Å². The van der Waals surface area contributed by atoms with Crippen LogP contribution in [0.2, 0.25) is 0 Å². The Morgan fingerprint density at radius 2 is 1.53 bits per heavy atom. The molecule has 0 bridgehead atoms. The van der Waals surface area contributed by atoms with E-state index in [0.717, 1.165) is 5.56 Å². The van der Waals surface area contributed by atoms with E-state index in [1.54, 1.807) is 0 Å². The third kappa shape index (κ3) is 4.75. The zero-order chi connectivity index (χ0) is 12.6. The molecule has 3 aromatic carbocycles. The maximum atomic E-state index is 3.72. The van der Waals surface area contributed by atoms with Crippen LogP contribution in [0.25, 0.3) is 17.2 Å². The van der Waals surface area contributed by atoms with Gasteiger partial charge in [-0.2, -0.15) is 42.0 Å². The molecule has 0 amide bonds. The normalized spacial score (nSPS) is 8.84. The summed E-state index contributed by atoms with van der Waals surface area (Å²) >= 11 is 0. The summed E-state index contributed by atoms with van der Waals surface area (Å²) in [6.45, 7) is 3.72. The molecule has 3 rings (SSSR count). The zero-order valence-electron chi connectivity index (χ0n) is 10.6. The third-order valence-electron chi connectivity index (χ3n) is 2.70. The molecule has 0 atom stereocenters. The minimum absolute atomic E-state index is 0. The summed E-state index contributed by atoms with van der Waals surface area (Å²) in [6, 6.07) is 26.7. The summed E-state index contributed by atoms with van der Waals surface area (Å²) in [6.07, 6.45) is 1.86. The molecule has 3 aromatic rings. The maximum absolute atomic E-state index is 3.72. The van der Waals surface area contributed by atoms with Crippen LogP contribution in [0, 0.1) is 0 Å². The predicted molar refractivity (Wildman–Crippen MR) is 79.6 cm³/mol. The van der Waals surface area contributed by atoms with Gasteiger partial charge in [-0.15, -0.1) is 11.6 Å². The Labute approximate surface area is 125 Å². The van der Waals surface area contributed by atoms with Crippen LogP contribution in [-0.2, 0) is 17.1 Å². The summed E-state index contributed by atoms with van der Waals surface area (Å²) < 4.78 is 0. The van der Waals surface area contributed by atoms with E-state index in [4.69, 9.17) is 0 Å². The smallest absolute Gasteiger partial charge is 0.214 e. The van der Waals surface area contributed by atoms with Gasteiger partial charge in [-0.05, 0) is 5.56 Å². The summed E-state index contributed by atoms with van der Waals surface area (Å²) in [5.74, 6) is 0. The molecule has 0 radical (unpaired) electrons. The first-order valence-corrected chi connectivity index (χ1v) is 6.01. The number of benzene rings is 1. The SMILES string of the molecule is C=Cc1ccc(-c2ccc[cH-]2)cc1.[Fe+2].c1cc[cH-]c1. The minimum Gasteiger partial charge on any atom is -0.214 e. The van der Waals surface area contributed by atoms with Crippen molar-refractivity contribution in [3.8, 4) is 11.1 Å². The fourth-order valence-electron chi connectivity index (χ4n) is 1.70. The first-order chi connectivity index (χ1) is 8.90. The maximum Gasteiger partial charge on any atom is 2.00 e. The number of hydrogen-bond acceptors (Lipinski definition) is 0. The van der Waals surface area contributed by atoms with Crippen molar-refractivity contribution in [1.29, 1.82) is 0 Å². The Hall–Kier alpha value is -1.82. The van der Waals surface area contributed by atoms with Gasteiger partial charge < -0.3 is 0 Å². The minimum atomic E-state index is 0. The summed E-state index contributed by atoms with van der Waals surface area (Å²) in [5.41, 5.74) is 3.70. The van der Waals surface area contributed by atoms with Gasteiger partial charge in [0, 0.05) is 0 Å². The van der Waals surface area contributed by atoms with Gasteiger partial charge in [0.2, 0.25) is 0 Å². The Kier molecular flexibility index (Phi) is 6.67. The largest absolute Gasteiger partial charge is 2.00 e. The van der Waals surface area contributed by atoms with E-state index in [1.807, 2.05) is 36.4 Å². The summed E-state index contributed by atoms with van der Waals surface area (Å²) in [7, 11) is 0. The van der Waals surface area contributed by atoms with Crippen LogP contribution in [0.3, 0.4) is 0 Å². The van der Waals surface area contributed by atoms with Gasteiger partial charge in [0.15, 0.2) is 0 Å². The van der Waals surface area contributed by atoms with Crippen molar-refractivity contribution in [3.05, 3.63) is 91.0 Å². The van der Waals surface area contributed by atoms with Crippen molar-refractivity contribution in [3.63, 3.8) is 0 Å². The average Bonchev–Trinajstić information content (AvgIpc) is 3.14. The monoisotopic (exact) mass is 288 g/mol. The van der Waals surface area contributed by atoms with Gasteiger partial charge in [0.05, 0.1) is 0 Å². The van der Waals surface area contributed by atoms with Crippen LogP contribution in [0.15, 0.2) is 85.4 Å². The van der Waals surface area contributed by atoms with E-state index in [0.29, 0.717) is 0 Å². The van der Waals surface area contributed by atoms with Crippen LogP contribution in [0.1, 0.15) is 5.56 Å². The number of hydrogen-bond donors (Lipinski definition) is 0. The van der Waals surface area contributed by atoms with E-state index >= 15 is 0 Å². The van der Waals surface area contributed by atoms with Gasteiger partial charge in [-0.3, -0.25) is 0 Å². The van der Waals surface area contributed by atoms with Crippen LogP contribution in [0.5, 0.6) is 0 Å². The Morgan fingerprint density at radius 3 is 1.95 bits per heavy atom. The van der Waals surface area contributed by atoms with E-state index in [2.05, 4.69) is 55.1 Å².